The SMILES string of the molecule is NC(=O)CN1CCCN(CC(N)=O)CCN(CC(N)=O)CCCN(CC(N)=O)CC1.O.O. The fraction of sp³-hybridized carbons (Fsp3) is 0.778. The van der Waals surface area contributed by atoms with Crippen LogP contribution in [0.5, 0.6) is 0 Å². The topological polar surface area (TPSA) is 248 Å². The van der Waals surface area contributed by atoms with Crippen LogP contribution in [0.2, 0.25) is 0 Å². The van der Waals surface area contributed by atoms with Crippen LogP contribution in [-0.2, 0) is 19.2 Å². The van der Waals surface area contributed by atoms with Gasteiger partial charge in [-0.2, -0.15) is 0 Å². The molecule has 14 nitrogen and oxygen atoms in total. The van der Waals surface area contributed by atoms with Crippen molar-refractivity contribution in [3.05, 3.63) is 0 Å². The molecule has 1 rings (SSSR count). The molecule has 1 fully saturated rings. The van der Waals surface area contributed by atoms with Gasteiger partial charge in [0.1, 0.15) is 0 Å². The van der Waals surface area contributed by atoms with E-state index >= 15 is 0 Å². The molecule has 4 amide bonds. The Morgan fingerprint density at radius 1 is 0.438 bits per heavy atom. The van der Waals surface area contributed by atoms with Gasteiger partial charge in [-0.05, 0) is 39.0 Å². The van der Waals surface area contributed by atoms with E-state index in [1.807, 2.05) is 19.6 Å². The first kappa shape index (κ1) is 31.8. The Kier molecular flexibility index (Phi) is 17.1. The highest BCUT2D eigenvalue weighted by molar-refractivity contribution is 5.77. The third-order valence-electron chi connectivity index (χ3n) is 4.88. The number of carbonyl (C=O) groups is 4. The van der Waals surface area contributed by atoms with Gasteiger partial charge in [0.15, 0.2) is 0 Å². The molecular formula is C18H40N8O6. The summed E-state index contributed by atoms with van der Waals surface area (Å²) in [7, 11) is 0. The molecule has 0 unspecified atom stereocenters. The first-order valence-electron chi connectivity index (χ1n) is 10.2. The van der Waals surface area contributed by atoms with Gasteiger partial charge in [-0.15, -0.1) is 0 Å². The summed E-state index contributed by atoms with van der Waals surface area (Å²) in [6.45, 7) is 5.10. The number of nitrogens with two attached hydrogens (primary N) is 4. The zero-order chi connectivity index (χ0) is 22.5. The number of amides is 4. The van der Waals surface area contributed by atoms with Crippen LogP contribution in [-0.4, -0.2) is 133 Å². The highest BCUT2D eigenvalue weighted by Gasteiger charge is 2.17. The monoisotopic (exact) mass is 464 g/mol. The first-order valence-corrected chi connectivity index (χ1v) is 10.2. The molecule has 0 aromatic carbocycles. The van der Waals surface area contributed by atoms with Gasteiger partial charge < -0.3 is 33.9 Å². The van der Waals surface area contributed by atoms with Crippen molar-refractivity contribution < 1.29 is 30.1 Å². The van der Waals surface area contributed by atoms with E-state index in [0.29, 0.717) is 65.2 Å². The fourth-order valence-corrected chi connectivity index (χ4v) is 3.56. The summed E-state index contributed by atoms with van der Waals surface area (Å²) in [5, 5.41) is 0. The van der Waals surface area contributed by atoms with Crippen LogP contribution in [0, 0.1) is 0 Å². The van der Waals surface area contributed by atoms with E-state index in [2.05, 4.69) is 0 Å². The quantitative estimate of drug-likeness (QED) is 0.268. The summed E-state index contributed by atoms with van der Waals surface area (Å²) in [6.07, 6.45) is 1.40. The summed E-state index contributed by atoms with van der Waals surface area (Å²) in [4.78, 5) is 53.4. The average Bonchev–Trinajstić information content (AvgIpc) is 2.60. The fourth-order valence-electron chi connectivity index (χ4n) is 3.56. The van der Waals surface area contributed by atoms with Crippen LogP contribution in [0.25, 0.3) is 0 Å². The van der Waals surface area contributed by atoms with E-state index in [4.69, 9.17) is 22.9 Å². The van der Waals surface area contributed by atoms with Crippen LogP contribution in [0.3, 0.4) is 0 Å². The zero-order valence-electron chi connectivity index (χ0n) is 18.6. The Hall–Kier alpha value is -2.36. The van der Waals surface area contributed by atoms with Gasteiger partial charge in [-0.1, -0.05) is 0 Å². The van der Waals surface area contributed by atoms with Crippen molar-refractivity contribution in [3.63, 3.8) is 0 Å². The highest BCUT2D eigenvalue weighted by Crippen LogP contribution is 2.02. The molecule has 0 spiro atoms. The Morgan fingerprint density at radius 2 is 0.625 bits per heavy atom. The van der Waals surface area contributed by atoms with Gasteiger partial charge >= 0.3 is 0 Å². The van der Waals surface area contributed by atoms with Gasteiger partial charge in [-0.25, -0.2) is 0 Å². The second-order valence-electron chi connectivity index (χ2n) is 7.68. The maximum Gasteiger partial charge on any atom is 0.231 e. The molecule has 1 aliphatic rings. The summed E-state index contributed by atoms with van der Waals surface area (Å²) in [6, 6.07) is 0. The molecule has 0 aromatic rings. The van der Waals surface area contributed by atoms with Crippen molar-refractivity contribution in [2.45, 2.75) is 12.8 Å². The predicted molar refractivity (Wildman–Crippen MR) is 119 cm³/mol. The van der Waals surface area contributed by atoms with Crippen LogP contribution >= 0.6 is 0 Å². The number of hydrogen-bond acceptors (Lipinski definition) is 8. The standard InChI is InChI=1S/C18H36N8O4.2H2O/c19-15(27)11-23-3-1-4-24(12-16(20)28)8-10-26(14-18(22)30)6-2-5-25(9-7-23)13-17(21)29;;/h1-14H2,(H2,19,27)(H2,20,28)(H2,21,29)(H2,22,30);2*1H2. The molecule has 0 atom stereocenters. The van der Waals surface area contributed by atoms with Crippen molar-refractivity contribution in [3.8, 4) is 0 Å². The number of nitrogens with zero attached hydrogens (tertiary/aromatic N) is 4. The maximum absolute atomic E-state index is 11.4. The predicted octanol–water partition coefficient (Wildman–Crippen LogP) is -5.72. The molecule has 188 valence electrons. The Morgan fingerprint density at radius 3 is 0.781 bits per heavy atom. The van der Waals surface area contributed by atoms with Gasteiger partial charge in [-0.3, -0.25) is 38.8 Å². The van der Waals surface area contributed by atoms with E-state index < -0.39 is 23.6 Å². The van der Waals surface area contributed by atoms with Crippen LogP contribution in [0.4, 0.5) is 0 Å². The van der Waals surface area contributed by atoms with Gasteiger partial charge in [0.2, 0.25) is 23.6 Å². The van der Waals surface area contributed by atoms with Crippen LogP contribution in [0.15, 0.2) is 0 Å². The van der Waals surface area contributed by atoms with Crippen LogP contribution in [0.1, 0.15) is 12.8 Å². The molecule has 0 bridgehead atoms. The molecule has 0 saturated carbocycles. The second kappa shape index (κ2) is 17.2. The summed E-state index contributed by atoms with van der Waals surface area (Å²) >= 11 is 0. The molecule has 0 radical (unpaired) electrons. The number of carbonyl (C=O) groups excluding carboxylic acids is 4. The van der Waals surface area contributed by atoms with E-state index in [1.165, 1.54) is 0 Å². The number of primary amides is 4. The lowest BCUT2D eigenvalue weighted by atomic mass is 10.2. The smallest absolute Gasteiger partial charge is 0.231 e. The van der Waals surface area contributed by atoms with Gasteiger partial charge in [0, 0.05) is 26.2 Å². The summed E-state index contributed by atoms with van der Waals surface area (Å²) in [5.74, 6) is -1.69. The maximum atomic E-state index is 11.4. The normalized spacial score (nSPS) is 18.5. The van der Waals surface area contributed by atoms with E-state index in [1.54, 1.807) is 0 Å². The third kappa shape index (κ3) is 15.4. The molecular weight excluding hydrogens is 424 g/mol. The second-order valence-corrected chi connectivity index (χ2v) is 7.68. The van der Waals surface area contributed by atoms with Gasteiger partial charge in [0.25, 0.3) is 0 Å². The van der Waals surface area contributed by atoms with Crippen LogP contribution < -0.4 is 22.9 Å². The number of rotatable bonds is 8. The first-order chi connectivity index (χ1) is 14.2. The highest BCUT2D eigenvalue weighted by atomic mass is 16.2. The Balaban J connectivity index is 0. The molecule has 0 aromatic heterocycles. The molecule has 14 heteroatoms. The molecule has 0 aliphatic carbocycles. The van der Waals surface area contributed by atoms with Gasteiger partial charge in [0.05, 0.1) is 26.2 Å². The lowest BCUT2D eigenvalue weighted by Gasteiger charge is -2.30. The lowest BCUT2D eigenvalue weighted by molar-refractivity contribution is -0.121. The zero-order valence-corrected chi connectivity index (χ0v) is 18.6. The van der Waals surface area contributed by atoms with E-state index in [-0.39, 0.29) is 37.1 Å². The van der Waals surface area contributed by atoms with E-state index in [0.717, 1.165) is 0 Å². The minimum absolute atomic E-state index is 0. The minimum Gasteiger partial charge on any atom is -0.412 e. The summed E-state index contributed by atoms with van der Waals surface area (Å²) < 4.78 is 0. The third-order valence-corrected chi connectivity index (χ3v) is 4.88. The molecule has 32 heavy (non-hydrogen) atoms. The van der Waals surface area contributed by atoms with Crippen molar-refractivity contribution in [1.29, 1.82) is 0 Å². The molecule has 1 saturated heterocycles. The summed E-state index contributed by atoms with van der Waals surface area (Å²) in [5.41, 5.74) is 21.5. The van der Waals surface area contributed by atoms with E-state index in [9.17, 15) is 19.2 Å². The lowest BCUT2D eigenvalue weighted by Crippen LogP contribution is -2.46. The van der Waals surface area contributed by atoms with Crippen molar-refractivity contribution in [1.82, 2.24) is 19.6 Å². The average molecular weight is 465 g/mol. The largest absolute Gasteiger partial charge is 0.412 e. The number of hydrogen-bond donors (Lipinski definition) is 4. The Bertz CT molecular complexity index is 496. The minimum atomic E-state index is -0.423. The molecule has 1 heterocycles. The van der Waals surface area contributed by atoms with Crippen molar-refractivity contribution in [2.75, 3.05) is 78.5 Å². The van der Waals surface area contributed by atoms with Crippen molar-refractivity contribution in [2.24, 2.45) is 22.9 Å². The van der Waals surface area contributed by atoms with Crippen molar-refractivity contribution >= 4 is 23.6 Å². The molecule has 12 N–H and O–H groups in total. The molecule has 1 aliphatic heterocycles. The Labute approximate surface area is 188 Å².